The second-order valence-corrected chi connectivity index (χ2v) is 13.1. The standard InChI is InChI=1S/C17H29FN2OSi/c1-13(19-12-22(2,3)4)16-11-14(18)5-6-17(16)20-9-7-15(21)8-10-20/h5-6,11,13,15,19,21H,7-10,12H2,1-4H3. The third-order valence-corrected chi connectivity index (χ3v) is 5.46. The Morgan fingerprint density at radius 1 is 1.32 bits per heavy atom. The van der Waals surface area contributed by atoms with Crippen LogP contribution in [-0.4, -0.2) is 38.5 Å². The van der Waals surface area contributed by atoms with E-state index in [2.05, 4.69) is 36.8 Å². The van der Waals surface area contributed by atoms with Crippen molar-refractivity contribution in [1.29, 1.82) is 0 Å². The fraction of sp³-hybridized carbons (Fsp3) is 0.647. The van der Waals surface area contributed by atoms with Crippen LogP contribution in [0.1, 0.15) is 31.4 Å². The molecule has 5 heteroatoms. The highest BCUT2D eigenvalue weighted by Crippen LogP contribution is 2.29. The number of hydrogen-bond acceptors (Lipinski definition) is 3. The molecule has 1 heterocycles. The third-order valence-electron chi connectivity index (χ3n) is 4.20. The molecular weight excluding hydrogens is 295 g/mol. The lowest BCUT2D eigenvalue weighted by Gasteiger charge is -2.34. The molecule has 0 saturated carbocycles. The summed E-state index contributed by atoms with van der Waals surface area (Å²) in [4.78, 5) is 2.27. The molecule has 2 rings (SSSR count). The van der Waals surface area contributed by atoms with Crippen molar-refractivity contribution in [1.82, 2.24) is 5.32 Å². The summed E-state index contributed by atoms with van der Waals surface area (Å²) < 4.78 is 13.7. The number of nitrogens with one attached hydrogen (secondary N) is 1. The Labute approximate surface area is 134 Å². The fourth-order valence-corrected chi connectivity index (χ4v) is 3.75. The minimum Gasteiger partial charge on any atom is -0.393 e. The van der Waals surface area contributed by atoms with Crippen molar-refractivity contribution >= 4 is 13.8 Å². The van der Waals surface area contributed by atoms with Crippen LogP contribution in [0.2, 0.25) is 19.6 Å². The molecule has 3 nitrogen and oxygen atoms in total. The number of anilines is 1. The van der Waals surface area contributed by atoms with Crippen LogP contribution in [0.15, 0.2) is 18.2 Å². The van der Waals surface area contributed by atoms with Crippen molar-refractivity contribution in [3.8, 4) is 0 Å². The number of nitrogens with zero attached hydrogens (tertiary/aromatic N) is 1. The number of piperidine rings is 1. The van der Waals surface area contributed by atoms with Gasteiger partial charge in [-0.15, -0.1) is 0 Å². The van der Waals surface area contributed by atoms with Crippen LogP contribution < -0.4 is 10.2 Å². The van der Waals surface area contributed by atoms with Gasteiger partial charge in [0.25, 0.3) is 0 Å². The molecule has 0 bridgehead atoms. The summed E-state index contributed by atoms with van der Waals surface area (Å²) in [6, 6.07) is 5.20. The van der Waals surface area contributed by atoms with Crippen LogP contribution in [0.5, 0.6) is 0 Å². The topological polar surface area (TPSA) is 35.5 Å². The average Bonchev–Trinajstić information content (AvgIpc) is 2.45. The van der Waals surface area contributed by atoms with Gasteiger partial charge in [0, 0.05) is 24.8 Å². The molecule has 1 aromatic carbocycles. The highest BCUT2D eigenvalue weighted by atomic mass is 28.3. The summed E-state index contributed by atoms with van der Waals surface area (Å²) in [5.41, 5.74) is 2.12. The largest absolute Gasteiger partial charge is 0.393 e. The molecule has 22 heavy (non-hydrogen) atoms. The van der Waals surface area contributed by atoms with E-state index < -0.39 is 8.07 Å². The van der Waals surface area contributed by atoms with Crippen molar-refractivity contribution in [3.05, 3.63) is 29.6 Å². The molecule has 1 saturated heterocycles. The van der Waals surface area contributed by atoms with Crippen LogP contribution in [0, 0.1) is 5.82 Å². The summed E-state index contributed by atoms with van der Waals surface area (Å²) in [6.45, 7) is 10.7. The number of rotatable bonds is 5. The lowest BCUT2D eigenvalue weighted by atomic mass is 10.0. The smallest absolute Gasteiger partial charge is 0.123 e. The molecule has 1 unspecified atom stereocenters. The van der Waals surface area contributed by atoms with E-state index in [0.29, 0.717) is 0 Å². The van der Waals surface area contributed by atoms with Crippen LogP contribution in [0.3, 0.4) is 0 Å². The van der Waals surface area contributed by atoms with Crippen molar-refractivity contribution in [2.45, 2.75) is 51.6 Å². The van der Waals surface area contributed by atoms with Crippen molar-refractivity contribution in [2.75, 3.05) is 24.2 Å². The molecule has 2 N–H and O–H groups in total. The second-order valence-electron chi connectivity index (χ2n) is 7.58. The Morgan fingerprint density at radius 3 is 2.55 bits per heavy atom. The van der Waals surface area contributed by atoms with E-state index in [1.165, 1.54) is 6.07 Å². The maximum Gasteiger partial charge on any atom is 0.123 e. The summed E-state index contributed by atoms with van der Waals surface area (Å²) in [6.07, 6.45) is 2.40. The maximum atomic E-state index is 13.7. The Balaban J connectivity index is 2.16. The van der Waals surface area contributed by atoms with Gasteiger partial charge in [0.05, 0.1) is 14.2 Å². The van der Waals surface area contributed by atoms with E-state index in [1.54, 1.807) is 6.07 Å². The zero-order chi connectivity index (χ0) is 16.3. The number of hydrogen-bond donors (Lipinski definition) is 2. The normalized spacial score (nSPS) is 18.5. The highest BCUT2D eigenvalue weighted by molar-refractivity contribution is 6.76. The van der Waals surface area contributed by atoms with E-state index >= 15 is 0 Å². The van der Waals surface area contributed by atoms with E-state index in [4.69, 9.17) is 0 Å². The summed E-state index contributed by atoms with van der Waals surface area (Å²) in [7, 11) is -1.18. The highest BCUT2D eigenvalue weighted by Gasteiger charge is 2.22. The number of aliphatic hydroxyl groups is 1. The van der Waals surface area contributed by atoms with Gasteiger partial charge < -0.3 is 15.3 Å². The van der Waals surface area contributed by atoms with E-state index in [0.717, 1.165) is 43.4 Å². The van der Waals surface area contributed by atoms with E-state index in [-0.39, 0.29) is 18.0 Å². The zero-order valence-electron chi connectivity index (χ0n) is 14.2. The lowest BCUT2D eigenvalue weighted by molar-refractivity contribution is 0.145. The summed E-state index contributed by atoms with van der Waals surface area (Å²) >= 11 is 0. The van der Waals surface area contributed by atoms with E-state index in [1.807, 2.05) is 6.07 Å². The van der Waals surface area contributed by atoms with E-state index in [9.17, 15) is 9.50 Å². The number of halogens is 1. The maximum absolute atomic E-state index is 13.7. The molecule has 1 aliphatic heterocycles. The number of aliphatic hydroxyl groups excluding tert-OH is 1. The van der Waals surface area contributed by atoms with Crippen LogP contribution in [0.25, 0.3) is 0 Å². The van der Waals surface area contributed by atoms with Crippen molar-refractivity contribution in [2.24, 2.45) is 0 Å². The van der Waals surface area contributed by atoms with Crippen molar-refractivity contribution < 1.29 is 9.50 Å². The number of benzene rings is 1. The van der Waals surface area contributed by atoms with Gasteiger partial charge in [0.1, 0.15) is 5.82 Å². The summed E-state index contributed by atoms with van der Waals surface area (Å²) in [5.74, 6) is -0.183. The molecular formula is C17H29FN2OSi. The minimum absolute atomic E-state index is 0.129. The molecule has 0 radical (unpaired) electrons. The van der Waals surface area contributed by atoms with Crippen LogP contribution in [-0.2, 0) is 0 Å². The Morgan fingerprint density at radius 2 is 1.95 bits per heavy atom. The average molecular weight is 325 g/mol. The van der Waals surface area contributed by atoms with Gasteiger partial charge in [-0.25, -0.2) is 4.39 Å². The molecule has 1 aliphatic rings. The van der Waals surface area contributed by atoms with Crippen LogP contribution >= 0.6 is 0 Å². The summed E-state index contributed by atoms with van der Waals surface area (Å²) in [5, 5.41) is 13.2. The SMILES string of the molecule is CC(NC[Si](C)(C)C)c1cc(F)ccc1N1CCC(O)CC1. The monoisotopic (exact) mass is 324 g/mol. The minimum atomic E-state index is -1.18. The zero-order valence-corrected chi connectivity index (χ0v) is 15.2. The molecule has 0 aromatic heterocycles. The molecule has 0 spiro atoms. The Hall–Kier alpha value is -0.913. The fourth-order valence-electron chi connectivity index (χ4n) is 2.84. The molecule has 0 aliphatic carbocycles. The first-order valence-electron chi connectivity index (χ1n) is 8.22. The first-order chi connectivity index (χ1) is 10.3. The predicted molar refractivity (Wildman–Crippen MR) is 93.6 cm³/mol. The Bertz CT molecular complexity index is 496. The van der Waals surface area contributed by atoms with Gasteiger partial charge in [0.15, 0.2) is 0 Å². The van der Waals surface area contributed by atoms with Gasteiger partial charge in [-0.1, -0.05) is 19.6 Å². The van der Waals surface area contributed by atoms with Gasteiger partial charge in [-0.3, -0.25) is 0 Å². The first kappa shape index (κ1) is 17.4. The first-order valence-corrected chi connectivity index (χ1v) is 11.9. The third kappa shape index (κ3) is 4.79. The predicted octanol–water partition coefficient (Wildman–Crippen LogP) is 3.31. The lowest BCUT2D eigenvalue weighted by Crippen LogP contribution is -2.39. The molecule has 1 atom stereocenters. The van der Waals surface area contributed by atoms with Crippen LogP contribution in [0.4, 0.5) is 10.1 Å². The van der Waals surface area contributed by atoms with Crippen molar-refractivity contribution in [3.63, 3.8) is 0 Å². The van der Waals surface area contributed by atoms with Gasteiger partial charge in [0.2, 0.25) is 0 Å². The van der Waals surface area contributed by atoms with Gasteiger partial charge in [-0.05, 0) is 49.7 Å². The second kappa shape index (κ2) is 7.11. The molecule has 124 valence electrons. The van der Waals surface area contributed by atoms with Gasteiger partial charge >= 0.3 is 0 Å². The molecule has 1 fully saturated rings. The molecule has 1 aromatic rings. The quantitative estimate of drug-likeness (QED) is 0.816. The van der Waals surface area contributed by atoms with Gasteiger partial charge in [-0.2, -0.15) is 0 Å². The molecule has 0 amide bonds. The Kier molecular flexibility index (Phi) is 5.63.